The molecule has 4 heteroatoms. The van der Waals surface area contributed by atoms with Crippen LogP contribution in [0.4, 0.5) is 4.39 Å². The van der Waals surface area contributed by atoms with Gasteiger partial charge in [-0.25, -0.2) is 4.39 Å². The SMILES string of the molecule is CC1CCCC1NC(=O)c1cc(F)ccc1C#CCO. The van der Waals surface area contributed by atoms with E-state index in [-0.39, 0.29) is 24.1 Å². The number of carbonyl (C=O) groups is 1. The van der Waals surface area contributed by atoms with Crippen LogP contribution in [0.15, 0.2) is 18.2 Å². The number of amides is 1. The number of hydrogen-bond donors (Lipinski definition) is 2. The van der Waals surface area contributed by atoms with Crippen molar-refractivity contribution in [3.8, 4) is 11.8 Å². The second-order valence-electron chi connectivity index (χ2n) is 5.14. The third-order valence-electron chi connectivity index (χ3n) is 3.71. The molecule has 1 aliphatic carbocycles. The molecule has 1 fully saturated rings. The molecule has 0 saturated heterocycles. The lowest BCUT2D eigenvalue weighted by atomic mass is 10.0. The highest BCUT2D eigenvalue weighted by Gasteiger charge is 2.25. The van der Waals surface area contributed by atoms with Gasteiger partial charge in [0.15, 0.2) is 0 Å². The molecule has 0 aromatic heterocycles. The van der Waals surface area contributed by atoms with E-state index in [1.165, 1.54) is 18.2 Å². The first-order chi connectivity index (χ1) is 9.61. The van der Waals surface area contributed by atoms with Crippen LogP contribution in [-0.2, 0) is 0 Å². The van der Waals surface area contributed by atoms with Crippen molar-refractivity contribution < 1.29 is 14.3 Å². The van der Waals surface area contributed by atoms with E-state index in [1.54, 1.807) is 0 Å². The maximum absolute atomic E-state index is 13.3. The van der Waals surface area contributed by atoms with Gasteiger partial charge in [-0.2, -0.15) is 0 Å². The summed E-state index contributed by atoms with van der Waals surface area (Å²) in [5.41, 5.74) is 0.661. The topological polar surface area (TPSA) is 49.3 Å². The number of halogens is 1. The first-order valence-corrected chi connectivity index (χ1v) is 6.82. The molecule has 106 valence electrons. The molecule has 2 atom stereocenters. The Morgan fingerprint density at radius 1 is 1.50 bits per heavy atom. The maximum Gasteiger partial charge on any atom is 0.252 e. The summed E-state index contributed by atoms with van der Waals surface area (Å²) in [6.07, 6.45) is 3.16. The van der Waals surface area contributed by atoms with Crippen molar-refractivity contribution in [2.45, 2.75) is 32.2 Å². The number of benzene rings is 1. The number of rotatable bonds is 2. The summed E-state index contributed by atoms with van der Waals surface area (Å²) in [4.78, 5) is 12.3. The van der Waals surface area contributed by atoms with Crippen molar-refractivity contribution in [2.24, 2.45) is 5.92 Å². The van der Waals surface area contributed by atoms with Crippen molar-refractivity contribution in [1.29, 1.82) is 0 Å². The Balaban J connectivity index is 2.21. The van der Waals surface area contributed by atoms with E-state index in [4.69, 9.17) is 5.11 Å². The third-order valence-corrected chi connectivity index (χ3v) is 3.71. The molecule has 0 bridgehead atoms. The van der Waals surface area contributed by atoms with Gasteiger partial charge in [-0.3, -0.25) is 4.79 Å². The van der Waals surface area contributed by atoms with Crippen LogP contribution in [0.1, 0.15) is 42.1 Å². The Morgan fingerprint density at radius 2 is 2.30 bits per heavy atom. The molecule has 2 rings (SSSR count). The van der Waals surface area contributed by atoms with Gasteiger partial charge in [0.05, 0.1) is 5.56 Å². The predicted octanol–water partition coefficient (Wildman–Crippen LogP) is 2.09. The molecule has 2 unspecified atom stereocenters. The fourth-order valence-corrected chi connectivity index (χ4v) is 2.55. The second kappa shape index (κ2) is 6.53. The third kappa shape index (κ3) is 3.37. The van der Waals surface area contributed by atoms with E-state index in [0.717, 1.165) is 19.3 Å². The van der Waals surface area contributed by atoms with Gasteiger partial charge in [-0.05, 0) is 37.0 Å². The Hall–Kier alpha value is -1.86. The number of hydrogen-bond acceptors (Lipinski definition) is 2. The number of carbonyl (C=O) groups excluding carboxylic acids is 1. The highest BCUT2D eigenvalue weighted by Crippen LogP contribution is 2.25. The van der Waals surface area contributed by atoms with Crippen molar-refractivity contribution in [3.05, 3.63) is 35.1 Å². The summed E-state index contributed by atoms with van der Waals surface area (Å²) >= 11 is 0. The molecule has 20 heavy (non-hydrogen) atoms. The highest BCUT2D eigenvalue weighted by atomic mass is 19.1. The molecule has 2 N–H and O–H groups in total. The first-order valence-electron chi connectivity index (χ1n) is 6.82. The monoisotopic (exact) mass is 275 g/mol. The maximum atomic E-state index is 13.3. The minimum atomic E-state index is -0.468. The molecule has 1 aromatic carbocycles. The first kappa shape index (κ1) is 14.5. The zero-order valence-electron chi connectivity index (χ0n) is 11.4. The minimum absolute atomic E-state index is 0.143. The lowest BCUT2D eigenvalue weighted by molar-refractivity contribution is 0.0929. The van der Waals surface area contributed by atoms with Crippen molar-refractivity contribution in [2.75, 3.05) is 6.61 Å². The van der Waals surface area contributed by atoms with Crippen molar-refractivity contribution in [3.63, 3.8) is 0 Å². The van der Waals surface area contributed by atoms with Crippen LogP contribution in [0.25, 0.3) is 0 Å². The Morgan fingerprint density at radius 3 is 2.95 bits per heavy atom. The molecule has 0 radical (unpaired) electrons. The molecule has 0 heterocycles. The average Bonchev–Trinajstić information content (AvgIpc) is 2.83. The van der Waals surface area contributed by atoms with Crippen LogP contribution in [0.5, 0.6) is 0 Å². The number of aliphatic hydroxyl groups is 1. The van der Waals surface area contributed by atoms with Gasteiger partial charge in [-0.15, -0.1) is 0 Å². The fraction of sp³-hybridized carbons (Fsp3) is 0.438. The zero-order chi connectivity index (χ0) is 14.5. The summed E-state index contributed by atoms with van der Waals surface area (Å²) in [5.74, 6) is 4.84. The molecular weight excluding hydrogens is 257 g/mol. The van der Waals surface area contributed by atoms with Gasteiger partial charge in [-0.1, -0.05) is 25.2 Å². The van der Waals surface area contributed by atoms with E-state index < -0.39 is 5.82 Å². The van der Waals surface area contributed by atoms with E-state index in [9.17, 15) is 9.18 Å². The van der Waals surface area contributed by atoms with Crippen LogP contribution < -0.4 is 5.32 Å². The number of aliphatic hydroxyl groups excluding tert-OH is 1. The van der Waals surface area contributed by atoms with Gasteiger partial charge in [0.1, 0.15) is 12.4 Å². The Labute approximate surface area is 118 Å². The highest BCUT2D eigenvalue weighted by molar-refractivity contribution is 5.97. The standard InChI is InChI=1S/C16H18FNO2/c1-11-4-2-6-15(11)18-16(20)14-10-13(17)8-7-12(14)5-3-9-19/h7-8,10-11,15,19H,2,4,6,9H2,1H3,(H,18,20). The summed E-state index contributed by atoms with van der Waals surface area (Å²) in [5, 5.41) is 11.7. The minimum Gasteiger partial charge on any atom is -0.384 e. The van der Waals surface area contributed by atoms with Gasteiger partial charge in [0.2, 0.25) is 0 Å². The lowest BCUT2D eigenvalue weighted by Crippen LogP contribution is -2.36. The predicted molar refractivity (Wildman–Crippen MR) is 74.6 cm³/mol. The molecule has 1 saturated carbocycles. The van der Waals surface area contributed by atoms with E-state index in [1.807, 2.05) is 0 Å². The molecule has 1 amide bonds. The largest absolute Gasteiger partial charge is 0.384 e. The molecule has 0 aliphatic heterocycles. The lowest BCUT2D eigenvalue weighted by Gasteiger charge is -2.17. The smallest absolute Gasteiger partial charge is 0.252 e. The second-order valence-corrected chi connectivity index (χ2v) is 5.14. The van der Waals surface area contributed by atoms with Crippen LogP contribution >= 0.6 is 0 Å². The summed E-state index contributed by atoms with van der Waals surface area (Å²) in [7, 11) is 0. The van der Waals surface area contributed by atoms with Gasteiger partial charge in [0.25, 0.3) is 5.91 Å². The van der Waals surface area contributed by atoms with Crippen LogP contribution in [-0.4, -0.2) is 23.7 Å². The van der Waals surface area contributed by atoms with Crippen LogP contribution in [0.2, 0.25) is 0 Å². The molecule has 0 spiro atoms. The van der Waals surface area contributed by atoms with E-state index in [2.05, 4.69) is 24.1 Å². The molecule has 1 aliphatic rings. The average molecular weight is 275 g/mol. The van der Waals surface area contributed by atoms with Crippen molar-refractivity contribution >= 4 is 5.91 Å². The molecular formula is C16H18FNO2. The van der Waals surface area contributed by atoms with Crippen LogP contribution in [0.3, 0.4) is 0 Å². The zero-order valence-corrected chi connectivity index (χ0v) is 11.4. The quantitative estimate of drug-likeness (QED) is 0.812. The van der Waals surface area contributed by atoms with E-state index in [0.29, 0.717) is 11.5 Å². The molecule has 1 aromatic rings. The Kier molecular flexibility index (Phi) is 4.75. The Bertz CT molecular complexity index is 559. The summed E-state index contributed by atoms with van der Waals surface area (Å²) in [6, 6.07) is 4.06. The van der Waals surface area contributed by atoms with Gasteiger partial charge in [0, 0.05) is 11.6 Å². The molecule has 3 nitrogen and oxygen atoms in total. The van der Waals surface area contributed by atoms with Crippen molar-refractivity contribution in [1.82, 2.24) is 5.32 Å². The van der Waals surface area contributed by atoms with E-state index >= 15 is 0 Å². The summed E-state index contributed by atoms with van der Waals surface area (Å²) in [6.45, 7) is 1.81. The van der Waals surface area contributed by atoms with Gasteiger partial charge >= 0.3 is 0 Å². The normalized spacial score (nSPS) is 21.1. The fourth-order valence-electron chi connectivity index (χ4n) is 2.55. The summed E-state index contributed by atoms with van der Waals surface area (Å²) < 4.78 is 13.3. The van der Waals surface area contributed by atoms with Gasteiger partial charge < -0.3 is 10.4 Å². The number of nitrogens with one attached hydrogen (secondary N) is 1. The van der Waals surface area contributed by atoms with Crippen LogP contribution in [0, 0.1) is 23.6 Å².